The maximum Gasteiger partial charge on any atom is 0.337 e. The van der Waals surface area contributed by atoms with Crippen molar-refractivity contribution in [2.24, 2.45) is 0 Å². The summed E-state index contributed by atoms with van der Waals surface area (Å²) in [5, 5.41) is 2.90. The molecule has 0 heterocycles. The van der Waals surface area contributed by atoms with Crippen molar-refractivity contribution < 1.29 is 19.1 Å². The van der Waals surface area contributed by atoms with Crippen LogP contribution in [0.5, 0.6) is 5.75 Å². The van der Waals surface area contributed by atoms with Crippen molar-refractivity contribution in [3.63, 3.8) is 0 Å². The molecular weight excluding hydrogens is 390 g/mol. The molecule has 3 rings (SSSR count). The van der Waals surface area contributed by atoms with Crippen LogP contribution >= 0.6 is 0 Å². The third-order valence-electron chi connectivity index (χ3n) is 4.38. The molecule has 0 aliphatic rings. The van der Waals surface area contributed by atoms with Crippen molar-refractivity contribution in [1.82, 2.24) is 0 Å². The molecule has 0 unspecified atom stereocenters. The maximum absolute atomic E-state index is 12.4. The summed E-state index contributed by atoms with van der Waals surface area (Å²) in [7, 11) is 1.34. The first-order chi connectivity index (χ1) is 15.1. The number of carbonyl (C=O) groups is 2. The highest BCUT2D eigenvalue weighted by Crippen LogP contribution is 2.14. The molecular formula is C26H23NO4. The first-order valence-corrected chi connectivity index (χ1v) is 9.89. The van der Waals surface area contributed by atoms with Gasteiger partial charge in [0.2, 0.25) is 5.91 Å². The van der Waals surface area contributed by atoms with E-state index >= 15 is 0 Å². The summed E-state index contributed by atoms with van der Waals surface area (Å²) in [5.74, 6) is 6.37. The molecule has 3 aromatic rings. The standard InChI is InChI=1S/C26H23NO4/c1-3-31-24-14-12-21(13-15-24)18-25(28)27-23-9-5-7-20(17-23)11-10-19-6-4-8-22(16-19)26(29)30-2/h4-9,12-17H,3,18H2,1-2H3,(H,27,28). The molecule has 0 aromatic heterocycles. The Kier molecular flexibility index (Phi) is 7.45. The average molecular weight is 413 g/mol. The summed E-state index contributed by atoms with van der Waals surface area (Å²) in [6, 6.07) is 21.8. The number of benzene rings is 3. The Hall–Kier alpha value is -4.04. The predicted octanol–water partition coefficient (Wildman–Crippen LogP) is 4.45. The van der Waals surface area contributed by atoms with Crippen molar-refractivity contribution >= 4 is 17.6 Å². The predicted molar refractivity (Wildman–Crippen MR) is 120 cm³/mol. The Labute approximate surface area is 182 Å². The van der Waals surface area contributed by atoms with E-state index in [0.29, 0.717) is 23.4 Å². The number of esters is 1. The van der Waals surface area contributed by atoms with Crippen LogP contribution in [0.15, 0.2) is 72.8 Å². The minimum Gasteiger partial charge on any atom is -0.494 e. The van der Waals surface area contributed by atoms with Gasteiger partial charge in [0.15, 0.2) is 0 Å². The molecule has 0 atom stereocenters. The quantitative estimate of drug-likeness (QED) is 0.479. The van der Waals surface area contributed by atoms with Crippen molar-refractivity contribution in [3.8, 4) is 17.6 Å². The normalized spacial score (nSPS) is 9.87. The maximum atomic E-state index is 12.4. The Bertz CT molecular complexity index is 1120. The number of amides is 1. The van der Waals surface area contributed by atoms with Crippen LogP contribution < -0.4 is 10.1 Å². The van der Waals surface area contributed by atoms with Crippen LogP contribution in [-0.2, 0) is 16.0 Å². The second-order valence-corrected chi connectivity index (χ2v) is 6.71. The van der Waals surface area contributed by atoms with Gasteiger partial charge >= 0.3 is 5.97 Å². The van der Waals surface area contributed by atoms with E-state index in [-0.39, 0.29) is 12.3 Å². The number of ether oxygens (including phenoxy) is 2. The van der Waals surface area contributed by atoms with Gasteiger partial charge in [-0.15, -0.1) is 0 Å². The molecule has 0 radical (unpaired) electrons. The van der Waals surface area contributed by atoms with E-state index in [0.717, 1.165) is 16.9 Å². The van der Waals surface area contributed by atoms with Gasteiger partial charge in [-0.1, -0.05) is 36.1 Å². The smallest absolute Gasteiger partial charge is 0.337 e. The zero-order chi connectivity index (χ0) is 22.1. The van der Waals surface area contributed by atoms with Gasteiger partial charge in [0.1, 0.15) is 5.75 Å². The lowest BCUT2D eigenvalue weighted by Crippen LogP contribution is -2.14. The van der Waals surface area contributed by atoms with Crippen molar-refractivity contribution in [2.45, 2.75) is 13.3 Å². The zero-order valence-electron chi connectivity index (χ0n) is 17.5. The van der Waals surface area contributed by atoms with Crippen LogP contribution in [0.3, 0.4) is 0 Å². The van der Waals surface area contributed by atoms with Crippen LogP contribution in [0.1, 0.15) is 34.0 Å². The molecule has 31 heavy (non-hydrogen) atoms. The van der Waals surface area contributed by atoms with Gasteiger partial charge in [0.25, 0.3) is 0 Å². The Morgan fingerprint density at radius 3 is 2.26 bits per heavy atom. The van der Waals surface area contributed by atoms with E-state index in [1.165, 1.54) is 7.11 Å². The monoisotopic (exact) mass is 413 g/mol. The third kappa shape index (κ3) is 6.48. The fourth-order valence-electron chi connectivity index (χ4n) is 2.92. The van der Waals surface area contributed by atoms with Crippen LogP contribution in [0, 0.1) is 11.8 Å². The van der Waals surface area contributed by atoms with Gasteiger partial charge < -0.3 is 14.8 Å². The lowest BCUT2D eigenvalue weighted by molar-refractivity contribution is -0.115. The average Bonchev–Trinajstić information content (AvgIpc) is 2.79. The molecule has 3 aromatic carbocycles. The third-order valence-corrected chi connectivity index (χ3v) is 4.38. The number of hydrogen-bond donors (Lipinski definition) is 1. The van der Waals surface area contributed by atoms with Gasteiger partial charge in [-0.25, -0.2) is 4.79 Å². The van der Waals surface area contributed by atoms with Gasteiger partial charge in [-0.2, -0.15) is 0 Å². The molecule has 0 spiro atoms. The molecule has 156 valence electrons. The fraction of sp³-hybridized carbons (Fsp3) is 0.154. The molecule has 0 saturated heterocycles. The van der Waals surface area contributed by atoms with Crippen LogP contribution in [0.25, 0.3) is 0 Å². The van der Waals surface area contributed by atoms with E-state index in [2.05, 4.69) is 17.2 Å². The summed E-state index contributed by atoms with van der Waals surface area (Å²) < 4.78 is 10.1. The van der Waals surface area contributed by atoms with E-state index < -0.39 is 5.97 Å². The van der Waals surface area contributed by atoms with Crippen molar-refractivity contribution in [3.05, 3.63) is 95.1 Å². The minimum atomic E-state index is -0.402. The van der Waals surface area contributed by atoms with Crippen molar-refractivity contribution in [1.29, 1.82) is 0 Å². The number of carbonyl (C=O) groups excluding carboxylic acids is 2. The van der Waals surface area contributed by atoms with Crippen LogP contribution in [0.2, 0.25) is 0 Å². The van der Waals surface area contributed by atoms with Gasteiger partial charge in [-0.3, -0.25) is 4.79 Å². The summed E-state index contributed by atoms with van der Waals surface area (Å²) in [6.45, 7) is 2.54. The second-order valence-electron chi connectivity index (χ2n) is 6.71. The number of nitrogens with one attached hydrogen (secondary N) is 1. The van der Waals surface area contributed by atoms with Gasteiger partial charge in [0, 0.05) is 16.8 Å². The molecule has 0 aliphatic carbocycles. The van der Waals surface area contributed by atoms with E-state index in [1.54, 1.807) is 18.2 Å². The molecule has 5 heteroatoms. The lowest BCUT2D eigenvalue weighted by atomic mass is 10.1. The number of hydrogen-bond acceptors (Lipinski definition) is 4. The van der Waals surface area contributed by atoms with Gasteiger partial charge in [0.05, 0.1) is 25.7 Å². The molecule has 1 N–H and O–H groups in total. The van der Waals surface area contributed by atoms with Crippen LogP contribution in [-0.4, -0.2) is 25.6 Å². The Morgan fingerprint density at radius 2 is 1.58 bits per heavy atom. The zero-order valence-corrected chi connectivity index (χ0v) is 17.5. The second kappa shape index (κ2) is 10.7. The molecule has 1 amide bonds. The van der Waals surface area contributed by atoms with E-state index in [4.69, 9.17) is 9.47 Å². The molecule has 0 aliphatic heterocycles. The van der Waals surface area contributed by atoms with Crippen molar-refractivity contribution in [2.75, 3.05) is 19.0 Å². The summed E-state index contributed by atoms with van der Waals surface area (Å²) >= 11 is 0. The first-order valence-electron chi connectivity index (χ1n) is 9.89. The van der Waals surface area contributed by atoms with Gasteiger partial charge in [-0.05, 0) is 61.0 Å². The first kappa shape index (κ1) is 21.7. The lowest BCUT2D eigenvalue weighted by Gasteiger charge is -2.07. The largest absolute Gasteiger partial charge is 0.494 e. The highest BCUT2D eigenvalue weighted by molar-refractivity contribution is 5.92. The topological polar surface area (TPSA) is 64.6 Å². The SMILES string of the molecule is CCOc1ccc(CC(=O)Nc2cccc(C#Cc3cccc(C(=O)OC)c3)c2)cc1. The molecule has 0 fully saturated rings. The summed E-state index contributed by atoms with van der Waals surface area (Å²) in [6.07, 6.45) is 0.266. The minimum absolute atomic E-state index is 0.111. The molecule has 0 saturated carbocycles. The highest BCUT2D eigenvalue weighted by atomic mass is 16.5. The Balaban J connectivity index is 1.65. The van der Waals surface area contributed by atoms with E-state index in [1.807, 2.05) is 61.5 Å². The number of rotatable bonds is 6. The number of anilines is 1. The number of methoxy groups -OCH3 is 1. The van der Waals surface area contributed by atoms with E-state index in [9.17, 15) is 9.59 Å². The summed E-state index contributed by atoms with van der Waals surface area (Å²) in [4.78, 5) is 24.0. The highest BCUT2D eigenvalue weighted by Gasteiger charge is 2.06. The molecule has 0 bridgehead atoms. The van der Waals surface area contributed by atoms with Crippen LogP contribution in [0.4, 0.5) is 5.69 Å². The summed E-state index contributed by atoms with van der Waals surface area (Å²) in [5.41, 5.74) is 3.48. The molecule has 5 nitrogen and oxygen atoms in total. The fourth-order valence-corrected chi connectivity index (χ4v) is 2.92. The Morgan fingerprint density at radius 1 is 0.903 bits per heavy atom.